The number of nitro benzene ring substituents is 1. The SMILES string of the molecule is CCN(CCNc1ccc(C=O)cc1[N+](=O)[O-])C1CC1. The van der Waals surface area contributed by atoms with E-state index >= 15 is 0 Å². The van der Waals surface area contributed by atoms with Gasteiger partial charge in [0.2, 0.25) is 0 Å². The molecule has 0 amide bonds. The molecular weight excluding hydrogens is 258 g/mol. The summed E-state index contributed by atoms with van der Waals surface area (Å²) in [4.78, 5) is 23.6. The Morgan fingerprint density at radius 2 is 2.25 bits per heavy atom. The second-order valence-electron chi connectivity index (χ2n) is 4.94. The largest absolute Gasteiger partial charge is 0.378 e. The van der Waals surface area contributed by atoms with Crippen molar-refractivity contribution < 1.29 is 9.72 Å². The number of nitrogens with zero attached hydrogens (tertiary/aromatic N) is 2. The van der Waals surface area contributed by atoms with E-state index in [1.807, 2.05) is 0 Å². The number of nitro groups is 1. The first-order valence-corrected chi connectivity index (χ1v) is 6.87. The molecule has 0 unspecified atom stereocenters. The van der Waals surface area contributed by atoms with Gasteiger partial charge in [0.15, 0.2) is 0 Å². The summed E-state index contributed by atoms with van der Waals surface area (Å²) in [6.07, 6.45) is 3.12. The number of hydrogen-bond donors (Lipinski definition) is 1. The van der Waals surface area contributed by atoms with Crippen molar-refractivity contribution in [3.63, 3.8) is 0 Å². The number of hydrogen-bond acceptors (Lipinski definition) is 5. The molecule has 1 aliphatic rings. The highest BCUT2D eigenvalue weighted by Crippen LogP contribution is 2.27. The number of likely N-dealkylation sites (N-methyl/N-ethyl adjacent to an activating group) is 1. The van der Waals surface area contributed by atoms with E-state index in [2.05, 4.69) is 17.1 Å². The van der Waals surface area contributed by atoms with Crippen LogP contribution < -0.4 is 5.32 Å². The molecule has 0 aromatic heterocycles. The zero-order valence-electron chi connectivity index (χ0n) is 11.5. The molecule has 0 saturated heterocycles. The minimum atomic E-state index is -0.464. The van der Waals surface area contributed by atoms with Gasteiger partial charge in [-0.15, -0.1) is 0 Å². The van der Waals surface area contributed by atoms with Crippen molar-refractivity contribution in [1.29, 1.82) is 0 Å². The summed E-state index contributed by atoms with van der Waals surface area (Å²) in [5.41, 5.74) is 0.729. The van der Waals surface area contributed by atoms with Gasteiger partial charge in [-0.25, -0.2) is 0 Å². The third-order valence-electron chi connectivity index (χ3n) is 3.54. The predicted octanol–water partition coefficient (Wildman–Crippen LogP) is 2.30. The van der Waals surface area contributed by atoms with Crippen LogP contribution in [0.1, 0.15) is 30.1 Å². The number of benzene rings is 1. The molecular formula is C14H19N3O3. The lowest BCUT2D eigenvalue weighted by molar-refractivity contribution is -0.384. The van der Waals surface area contributed by atoms with Gasteiger partial charge in [0.1, 0.15) is 12.0 Å². The van der Waals surface area contributed by atoms with Crippen molar-refractivity contribution >= 4 is 17.7 Å². The van der Waals surface area contributed by atoms with Crippen LogP contribution in [0.25, 0.3) is 0 Å². The lowest BCUT2D eigenvalue weighted by atomic mass is 10.2. The van der Waals surface area contributed by atoms with Gasteiger partial charge in [-0.05, 0) is 31.5 Å². The van der Waals surface area contributed by atoms with E-state index < -0.39 is 4.92 Å². The molecule has 0 aliphatic heterocycles. The quantitative estimate of drug-likeness (QED) is 0.448. The zero-order valence-corrected chi connectivity index (χ0v) is 11.5. The summed E-state index contributed by atoms with van der Waals surface area (Å²) in [5, 5.41) is 14.1. The van der Waals surface area contributed by atoms with E-state index in [1.165, 1.54) is 18.9 Å². The van der Waals surface area contributed by atoms with Gasteiger partial charge in [0.05, 0.1) is 4.92 Å². The molecule has 0 spiro atoms. The van der Waals surface area contributed by atoms with Crippen LogP contribution in [0, 0.1) is 10.1 Å². The molecule has 1 aliphatic carbocycles. The Labute approximate surface area is 117 Å². The van der Waals surface area contributed by atoms with Gasteiger partial charge >= 0.3 is 0 Å². The van der Waals surface area contributed by atoms with E-state index in [0.717, 1.165) is 13.1 Å². The Morgan fingerprint density at radius 3 is 2.80 bits per heavy atom. The molecule has 0 bridgehead atoms. The molecule has 1 saturated carbocycles. The molecule has 1 N–H and O–H groups in total. The van der Waals surface area contributed by atoms with Crippen LogP contribution in [0.15, 0.2) is 18.2 Å². The van der Waals surface area contributed by atoms with E-state index in [0.29, 0.717) is 30.1 Å². The fraction of sp³-hybridized carbons (Fsp3) is 0.500. The number of rotatable bonds is 8. The lowest BCUT2D eigenvalue weighted by Gasteiger charge is -2.20. The molecule has 20 heavy (non-hydrogen) atoms. The van der Waals surface area contributed by atoms with Gasteiger partial charge < -0.3 is 5.32 Å². The van der Waals surface area contributed by atoms with E-state index in [1.54, 1.807) is 12.1 Å². The number of carbonyl (C=O) groups excluding carboxylic acids is 1. The maximum atomic E-state index is 11.0. The average molecular weight is 277 g/mol. The van der Waals surface area contributed by atoms with Crippen LogP contribution >= 0.6 is 0 Å². The standard InChI is InChI=1S/C14H19N3O3/c1-2-16(12-4-5-12)8-7-15-13-6-3-11(10-18)9-14(13)17(19)20/h3,6,9-10,12,15H,2,4-5,7-8H2,1H3. The third kappa shape index (κ3) is 3.54. The van der Waals surface area contributed by atoms with Crippen molar-refractivity contribution in [2.45, 2.75) is 25.8 Å². The molecule has 6 heteroatoms. The highest BCUT2D eigenvalue weighted by atomic mass is 16.6. The summed E-state index contributed by atoms with van der Waals surface area (Å²) in [5.74, 6) is 0. The molecule has 2 rings (SSSR count). The highest BCUT2D eigenvalue weighted by molar-refractivity contribution is 5.79. The Balaban J connectivity index is 1.97. The minimum absolute atomic E-state index is 0.0518. The average Bonchev–Trinajstić information content (AvgIpc) is 3.28. The number of aldehydes is 1. The Morgan fingerprint density at radius 1 is 1.50 bits per heavy atom. The van der Waals surface area contributed by atoms with Crippen molar-refractivity contribution in [2.75, 3.05) is 25.0 Å². The van der Waals surface area contributed by atoms with Gasteiger partial charge in [0.25, 0.3) is 5.69 Å². The monoisotopic (exact) mass is 277 g/mol. The fourth-order valence-corrected chi connectivity index (χ4v) is 2.30. The first-order chi connectivity index (χ1) is 9.65. The smallest absolute Gasteiger partial charge is 0.293 e. The second-order valence-corrected chi connectivity index (χ2v) is 4.94. The third-order valence-corrected chi connectivity index (χ3v) is 3.54. The lowest BCUT2D eigenvalue weighted by Crippen LogP contribution is -2.30. The molecule has 0 radical (unpaired) electrons. The van der Waals surface area contributed by atoms with Crippen LogP contribution in [-0.4, -0.2) is 41.8 Å². The van der Waals surface area contributed by atoms with E-state index in [9.17, 15) is 14.9 Å². The molecule has 0 heterocycles. The molecule has 0 atom stereocenters. The number of carbonyl (C=O) groups is 1. The Kier molecular flexibility index (Phi) is 4.68. The first-order valence-electron chi connectivity index (χ1n) is 6.87. The number of nitrogens with one attached hydrogen (secondary N) is 1. The number of anilines is 1. The summed E-state index contributed by atoms with van der Waals surface area (Å²) in [6, 6.07) is 5.17. The van der Waals surface area contributed by atoms with Crippen LogP contribution in [-0.2, 0) is 0 Å². The van der Waals surface area contributed by atoms with Crippen LogP contribution in [0.3, 0.4) is 0 Å². The minimum Gasteiger partial charge on any atom is -0.378 e. The topological polar surface area (TPSA) is 75.5 Å². The van der Waals surface area contributed by atoms with E-state index in [4.69, 9.17) is 0 Å². The molecule has 6 nitrogen and oxygen atoms in total. The molecule has 1 aromatic rings. The molecule has 1 fully saturated rings. The van der Waals surface area contributed by atoms with Crippen molar-refractivity contribution in [3.8, 4) is 0 Å². The van der Waals surface area contributed by atoms with E-state index in [-0.39, 0.29) is 5.69 Å². The summed E-state index contributed by atoms with van der Waals surface area (Å²) >= 11 is 0. The van der Waals surface area contributed by atoms with Crippen molar-refractivity contribution in [1.82, 2.24) is 4.90 Å². The Bertz CT molecular complexity index is 500. The van der Waals surface area contributed by atoms with Gasteiger partial charge in [-0.3, -0.25) is 19.8 Å². The normalized spacial score (nSPS) is 14.3. The summed E-state index contributed by atoms with van der Waals surface area (Å²) in [6.45, 7) is 4.65. The van der Waals surface area contributed by atoms with Gasteiger partial charge in [0, 0.05) is 30.8 Å². The highest BCUT2D eigenvalue weighted by Gasteiger charge is 2.27. The van der Waals surface area contributed by atoms with Crippen LogP contribution in [0.4, 0.5) is 11.4 Å². The molecule has 108 valence electrons. The fourth-order valence-electron chi connectivity index (χ4n) is 2.30. The van der Waals surface area contributed by atoms with Crippen molar-refractivity contribution in [3.05, 3.63) is 33.9 Å². The second kappa shape index (κ2) is 6.47. The van der Waals surface area contributed by atoms with Crippen LogP contribution in [0.2, 0.25) is 0 Å². The molecule has 1 aromatic carbocycles. The maximum absolute atomic E-state index is 11.0. The zero-order chi connectivity index (χ0) is 14.5. The van der Waals surface area contributed by atoms with Crippen molar-refractivity contribution in [2.24, 2.45) is 0 Å². The summed E-state index contributed by atoms with van der Waals surface area (Å²) < 4.78 is 0. The summed E-state index contributed by atoms with van der Waals surface area (Å²) in [7, 11) is 0. The first kappa shape index (κ1) is 14.5. The van der Waals surface area contributed by atoms with Gasteiger partial charge in [-0.1, -0.05) is 6.92 Å². The Hall–Kier alpha value is -1.95. The maximum Gasteiger partial charge on any atom is 0.293 e. The van der Waals surface area contributed by atoms with Gasteiger partial charge in [-0.2, -0.15) is 0 Å². The predicted molar refractivity (Wildman–Crippen MR) is 77.2 cm³/mol. The van der Waals surface area contributed by atoms with Crippen LogP contribution in [0.5, 0.6) is 0 Å².